The average molecular weight is 246 g/mol. The summed E-state index contributed by atoms with van der Waals surface area (Å²) < 4.78 is 0. The summed E-state index contributed by atoms with van der Waals surface area (Å²) in [5.41, 5.74) is 0. The van der Waals surface area contributed by atoms with Crippen LogP contribution < -0.4 is 0 Å². The molecule has 0 saturated heterocycles. The minimum absolute atomic E-state index is 0.0147. The van der Waals surface area contributed by atoms with Gasteiger partial charge < -0.3 is 15.3 Å². The smallest absolute Gasteiger partial charge is 0.306 e. The van der Waals surface area contributed by atoms with Crippen molar-refractivity contribution in [3.8, 4) is 0 Å². The maximum atomic E-state index is 10.9. The van der Waals surface area contributed by atoms with E-state index in [4.69, 9.17) is 15.3 Å². The van der Waals surface area contributed by atoms with Gasteiger partial charge in [0.1, 0.15) is 0 Å². The first-order valence-electron chi connectivity index (χ1n) is 5.52. The van der Waals surface area contributed by atoms with Gasteiger partial charge in [-0.15, -0.1) is 0 Å². The second kappa shape index (κ2) is 7.65. The van der Waals surface area contributed by atoms with Crippen LogP contribution in [-0.2, 0) is 14.4 Å². The van der Waals surface area contributed by atoms with E-state index in [1.807, 2.05) is 0 Å². The summed E-state index contributed by atoms with van der Waals surface area (Å²) in [6, 6.07) is 0. The minimum Gasteiger partial charge on any atom is -0.481 e. The van der Waals surface area contributed by atoms with Crippen molar-refractivity contribution in [2.24, 2.45) is 11.8 Å². The van der Waals surface area contributed by atoms with Gasteiger partial charge in [0, 0.05) is 6.42 Å². The Hall–Kier alpha value is -1.59. The van der Waals surface area contributed by atoms with Gasteiger partial charge in [0.2, 0.25) is 0 Å². The van der Waals surface area contributed by atoms with Crippen molar-refractivity contribution in [2.75, 3.05) is 0 Å². The highest BCUT2D eigenvalue weighted by atomic mass is 16.4. The summed E-state index contributed by atoms with van der Waals surface area (Å²) in [6.07, 6.45) is 1.31. The lowest BCUT2D eigenvalue weighted by molar-refractivity contribution is -0.145. The van der Waals surface area contributed by atoms with Gasteiger partial charge in [-0.2, -0.15) is 0 Å². The molecule has 0 bridgehead atoms. The monoisotopic (exact) mass is 246 g/mol. The molecule has 2 unspecified atom stereocenters. The molecule has 0 aromatic heterocycles. The lowest BCUT2D eigenvalue weighted by Gasteiger charge is -2.14. The molecule has 0 aliphatic rings. The standard InChI is InChI=1S/C11H18O6/c1-7(10(14)15)6-8(11(16)17)4-2-3-5-9(12)13/h7-8H,2-6H2,1H3,(H,12,13)(H,14,15)(H,16,17). The van der Waals surface area contributed by atoms with Gasteiger partial charge in [0.15, 0.2) is 0 Å². The predicted octanol–water partition coefficient (Wildman–Crippen LogP) is 1.44. The molecule has 17 heavy (non-hydrogen) atoms. The largest absolute Gasteiger partial charge is 0.481 e. The van der Waals surface area contributed by atoms with Gasteiger partial charge in [-0.05, 0) is 19.3 Å². The van der Waals surface area contributed by atoms with Crippen molar-refractivity contribution in [1.82, 2.24) is 0 Å². The molecular formula is C11H18O6. The molecule has 6 nitrogen and oxygen atoms in total. The van der Waals surface area contributed by atoms with Crippen LogP contribution in [0.5, 0.6) is 0 Å². The van der Waals surface area contributed by atoms with E-state index < -0.39 is 29.7 Å². The number of rotatable bonds is 9. The van der Waals surface area contributed by atoms with E-state index in [2.05, 4.69) is 0 Å². The van der Waals surface area contributed by atoms with E-state index in [-0.39, 0.29) is 12.8 Å². The third kappa shape index (κ3) is 7.32. The maximum Gasteiger partial charge on any atom is 0.306 e. The van der Waals surface area contributed by atoms with E-state index >= 15 is 0 Å². The molecule has 0 aromatic rings. The summed E-state index contributed by atoms with van der Waals surface area (Å²) in [5.74, 6) is -4.35. The van der Waals surface area contributed by atoms with Crippen molar-refractivity contribution >= 4 is 17.9 Å². The van der Waals surface area contributed by atoms with Gasteiger partial charge in [-0.1, -0.05) is 13.3 Å². The number of carbonyl (C=O) groups is 3. The van der Waals surface area contributed by atoms with Crippen LogP contribution >= 0.6 is 0 Å². The van der Waals surface area contributed by atoms with Crippen LogP contribution in [0.3, 0.4) is 0 Å². The Labute approximate surface area is 99.3 Å². The second-order valence-corrected chi connectivity index (χ2v) is 4.15. The average Bonchev–Trinajstić information content (AvgIpc) is 2.21. The first kappa shape index (κ1) is 15.4. The van der Waals surface area contributed by atoms with Gasteiger partial charge >= 0.3 is 17.9 Å². The topological polar surface area (TPSA) is 112 Å². The van der Waals surface area contributed by atoms with E-state index in [0.717, 1.165) is 0 Å². The quantitative estimate of drug-likeness (QED) is 0.531. The zero-order valence-corrected chi connectivity index (χ0v) is 9.76. The van der Waals surface area contributed by atoms with E-state index in [1.54, 1.807) is 0 Å². The Morgan fingerprint density at radius 2 is 1.59 bits per heavy atom. The zero-order valence-electron chi connectivity index (χ0n) is 9.76. The fourth-order valence-electron chi connectivity index (χ4n) is 1.54. The summed E-state index contributed by atoms with van der Waals surface area (Å²) in [4.78, 5) is 31.7. The number of carboxylic acids is 3. The van der Waals surface area contributed by atoms with Crippen LogP contribution in [0.2, 0.25) is 0 Å². The second-order valence-electron chi connectivity index (χ2n) is 4.15. The Bertz CT molecular complexity index is 286. The van der Waals surface area contributed by atoms with Crippen molar-refractivity contribution in [3.63, 3.8) is 0 Å². The highest BCUT2D eigenvalue weighted by molar-refractivity contribution is 5.73. The van der Waals surface area contributed by atoms with Crippen LogP contribution in [0.1, 0.15) is 39.0 Å². The van der Waals surface area contributed by atoms with Gasteiger partial charge in [-0.3, -0.25) is 14.4 Å². The number of carboxylic acid groups (broad SMARTS) is 3. The predicted molar refractivity (Wildman–Crippen MR) is 58.6 cm³/mol. The maximum absolute atomic E-state index is 10.9. The van der Waals surface area contributed by atoms with Crippen LogP contribution in [0.15, 0.2) is 0 Å². The van der Waals surface area contributed by atoms with E-state index in [9.17, 15) is 14.4 Å². The van der Waals surface area contributed by atoms with Crippen LogP contribution in [0, 0.1) is 11.8 Å². The number of unbranched alkanes of at least 4 members (excludes halogenated alkanes) is 1. The minimum atomic E-state index is -1.02. The number of hydrogen-bond acceptors (Lipinski definition) is 3. The molecule has 0 aromatic carbocycles. The SMILES string of the molecule is CC(CC(CCCCC(=O)O)C(=O)O)C(=O)O. The summed E-state index contributed by atoms with van der Waals surface area (Å²) in [7, 11) is 0. The van der Waals surface area contributed by atoms with Crippen LogP contribution in [0.25, 0.3) is 0 Å². The molecule has 3 N–H and O–H groups in total. The van der Waals surface area contributed by atoms with Crippen molar-refractivity contribution in [1.29, 1.82) is 0 Å². The Kier molecular flexibility index (Phi) is 6.93. The molecule has 0 aliphatic carbocycles. The number of aliphatic carboxylic acids is 3. The molecule has 0 heterocycles. The molecule has 0 spiro atoms. The van der Waals surface area contributed by atoms with Crippen LogP contribution in [0.4, 0.5) is 0 Å². The highest BCUT2D eigenvalue weighted by Crippen LogP contribution is 2.19. The molecule has 6 heteroatoms. The zero-order chi connectivity index (χ0) is 13.4. The molecule has 0 aliphatic heterocycles. The third-order valence-corrected chi connectivity index (χ3v) is 2.60. The molecular weight excluding hydrogens is 228 g/mol. The van der Waals surface area contributed by atoms with Gasteiger partial charge in [0.25, 0.3) is 0 Å². The van der Waals surface area contributed by atoms with Crippen molar-refractivity contribution in [2.45, 2.75) is 39.0 Å². The molecule has 0 saturated carbocycles. The first-order valence-corrected chi connectivity index (χ1v) is 5.52. The lowest BCUT2D eigenvalue weighted by atomic mass is 9.91. The Morgan fingerprint density at radius 3 is 2.00 bits per heavy atom. The fraction of sp³-hybridized carbons (Fsp3) is 0.727. The first-order chi connectivity index (χ1) is 7.84. The van der Waals surface area contributed by atoms with Crippen molar-refractivity contribution < 1.29 is 29.7 Å². The fourth-order valence-corrected chi connectivity index (χ4v) is 1.54. The highest BCUT2D eigenvalue weighted by Gasteiger charge is 2.23. The van der Waals surface area contributed by atoms with E-state index in [1.165, 1.54) is 6.92 Å². The Balaban J connectivity index is 4.03. The number of hydrogen-bond donors (Lipinski definition) is 3. The van der Waals surface area contributed by atoms with E-state index in [0.29, 0.717) is 19.3 Å². The van der Waals surface area contributed by atoms with Crippen molar-refractivity contribution in [3.05, 3.63) is 0 Å². The molecule has 0 radical (unpaired) electrons. The summed E-state index contributed by atoms with van der Waals surface area (Å²) in [5, 5.41) is 26.0. The lowest BCUT2D eigenvalue weighted by Crippen LogP contribution is -2.21. The molecule has 2 atom stereocenters. The normalized spacial score (nSPS) is 13.9. The molecule has 98 valence electrons. The molecule has 0 rings (SSSR count). The molecule has 0 fully saturated rings. The third-order valence-electron chi connectivity index (χ3n) is 2.60. The summed E-state index contributed by atoms with van der Waals surface area (Å²) in [6.45, 7) is 1.47. The van der Waals surface area contributed by atoms with Crippen LogP contribution in [-0.4, -0.2) is 33.2 Å². The Morgan fingerprint density at radius 1 is 1.00 bits per heavy atom. The molecule has 0 amide bonds. The summed E-state index contributed by atoms with van der Waals surface area (Å²) >= 11 is 0. The van der Waals surface area contributed by atoms with Gasteiger partial charge in [-0.25, -0.2) is 0 Å². The van der Waals surface area contributed by atoms with Gasteiger partial charge in [0.05, 0.1) is 11.8 Å².